The summed E-state index contributed by atoms with van der Waals surface area (Å²) in [6.45, 7) is 1.74. The van der Waals surface area contributed by atoms with Crippen LogP contribution in [0.5, 0.6) is 5.75 Å². The quantitative estimate of drug-likeness (QED) is 0.809. The molecule has 0 aliphatic carbocycles. The molecule has 0 N–H and O–H groups in total. The number of aryl methyl sites for hydroxylation is 1. The van der Waals surface area contributed by atoms with Gasteiger partial charge in [-0.25, -0.2) is 0 Å². The second kappa shape index (κ2) is 8.65. The zero-order valence-electron chi connectivity index (χ0n) is 14.9. The van der Waals surface area contributed by atoms with Crippen LogP contribution >= 0.6 is 0 Å². The summed E-state index contributed by atoms with van der Waals surface area (Å²) in [4.78, 5) is 18.7. The zero-order chi connectivity index (χ0) is 17.5. The smallest absolute Gasteiger partial charge is 0.222 e. The second-order valence-electron chi connectivity index (χ2n) is 6.70. The van der Waals surface area contributed by atoms with E-state index in [9.17, 15) is 4.79 Å². The van der Waals surface area contributed by atoms with E-state index in [0.29, 0.717) is 12.3 Å². The Morgan fingerprint density at radius 1 is 1.20 bits per heavy atom. The number of benzene rings is 1. The van der Waals surface area contributed by atoms with Gasteiger partial charge in [-0.2, -0.15) is 0 Å². The minimum absolute atomic E-state index is 0.255. The van der Waals surface area contributed by atoms with Crippen molar-refractivity contribution in [1.29, 1.82) is 0 Å². The summed E-state index contributed by atoms with van der Waals surface area (Å²) in [5.74, 6) is 1.78. The number of hydrogen-bond donors (Lipinski definition) is 0. The van der Waals surface area contributed by atoms with Crippen molar-refractivity contribution in [3.05, 3.63) is 59.9 Å². The molecule has 0 radical (unpaired) electrons. The zero-order valence-corrected chi connectivity index (χ0v) is 14.9. The summed E-state index contributed by atoms with van der Waals surface area (Å²) in [5, 5.41) is 0. The molecule has 0 unspecified atom stereocenters. The van der Waals surface area contributed by atoms with Gasteiger partial charge in [0.2, 0.25) is 5.91 Å². The SMILES string of the molecule is COc1ccccc1CCC(=O)N1CCC(Cc2cccnc2)CC1. The standard InChI is InChI=1S/C21H26N2O2/c1-25-20-7-3-2-6-19(20)8-9-21(24)23-13-10-17(11-14-23)15-18-5-4-12-22-16-18/h2-7,12,16-17H,8-11,13-15H2,1H3. The number of hydrogen-bond acceptors (Lipinski definition) is 3. The molecule has 1 saturated heterocycles. The van der Waals surface area contributed by atoms with Crippen molar-refractivity contribution in [2.45, 2.75) is 32.1 Å². The number of likely N-dealkylation sites (tertiary alicyclic amines) is 1. The number of aromatic nitrogens is 1. The first-order chi connectivity index (χ1) is 12.3. The van der Waals surface area contributed by atoms with Gasteiger partial charge in [-0.1, -0.05) is 24.3 Å². The van der Waals surface area contributed by atoms with Crippen LogP contribution in [-0.2, 0) is 17.6 Å². The fourth-order valence-corrected chi connectivity index (χ4v) is 3.55. The molecule has 4 nitrogen and oxygen atoms in total. The molecule has 0 atom stereocenters. The van der Waals surface area contributed by atoms with E-state index >= 15 is 0 Å². The van der Waals surface area contributed by atoms with Crippen molar-refractivity contribution >= 4 is 5.91 Å². The molecule has 0 spiro atoms. The van der Waals surface area contributed by atoms with Crippen LogP contribution in [-0.4, -0.2) is 36.0 Å². The molecule has 1 amide bonds. The Balaban J connectivity index is 1.45. The molecule has 1 aromatic heterocycles. The number of carbonyl (C=O) groups is 1. The Bertz CT molecular complexity index is 679. The van der Waals surface area contributed by atoms with Gasteiger partial charge in [0.1, 0.15) is 5.75 Å². The van der Waals surface area contributed by atoms with E-state index in [4.69, 9.17) is 4.74 Å². The van der Waals surface area contributed by atoms with Crippen molar-refractivity contribution < 1.29 is 9.53 Å². The molecule has 0 saturated carbocycles. The molecule has 2 heterocycles. The maximum atomic E-state index is 12.5. The number of amides is 1. The Hall–Kier alpha value is -2.36. The second-order valence-corrected chi connectivity index (χ2v) is 6.70. The topological polar surface area (TPSA) is 42.4 Å². The minimum Gasteiger partial charge on any atom is -0.496 e. The Morgan fingerprint density at radius 2 is 2.00 bits per heavy atom. The summed E-state index contributed by atoms with van der Waals surface area (Å²) in [5.41, 5.74) is 2.40. The van der Waals surface area contributed by atoms with Gasteiger partial charge >= 0.3 is 0 Å². The fourth-order valence-electron chi connectivity index (χ4n) is 3.55. The number of carbonyl (C=O) groups excluding carboxylic acids is 1. The highest BCUT2D eigenvalue weighted by Crippen LogP contribution is 2.23. The number of methoxy groups -OCH3 is 1. The number of rotatable bonds is 6. The molecular weight excluding hydrogens is 312 g/mol. The fraction of sp³-hybridized carbons (Fsp3) is 0.429. The predicted octanol–water partition coefficient (Wildman–Crippen LogP) is 3.50. The summed E-state index contributed by atoms with van der Waals surface area (Å²) in [6.07, 6.45) is 8.27. The van der Waals surface area contributed by atoms with Crippen molar-refractivity contribution in [1.82, 2.24) is 9.88 Å². The predicted molar refractivity (Wildman–Crippen MR) is 98.6 cm³/mol. The first-order valence-electron chi connectivity index (χ1n) is 9.05. The van der Waals surface area contributed by atoms with Gasteiger partial charge in [0, 0.05) is 31.9 Å². The molecule has 2 aromatic rings. The molecule has 132 valence electrons. The third-order valence-electron chi connectivity index (χ3n) is 5.02. The lowest BCUT2D eigenvalue weighted by Crippen LogP contribution is -2.39. The van der Waals surface area contributed by atoms with Gasteiger partial charge in [0.25, 0.3) is 0 Å². The number of pyridine rings is 1. The van der Waals surface area contributed by atoms with Gasteiger partial charge in [-0.15, -0.1) is 0 Å². The first kappa shape index (κ1) is 17.5. The summed E-state index contributed by atoms with van der Waals surface area (Å²) >= 11 is 0. The molecule has 25 heavy (non-hydrogen) atoms. The van der Waals surface area contributed by atoms with Crippen LogP contribution < -0.4 is 4.74 Å². The van der Waals surface area contributed by atoms with E-state index in [1.54, 1.807) is 7.11 Å². The minimum atomic E-state index is 0.255. The molecule has 4 heteroatoms. The molecule has 1 aromatic carbocycles. The van der Waals surface area contributed by atoms with Crippen molar-refractivity contribution in [2.24, 2.45) is 5.92 Å². The van der Waals surface area contributed by atoms with Crippen molar-refractivity contribution in [3.8, 4) is 5.75 Å². The average Bonchev–Trinajstić information content (AvgIpc) is 2.67. The van der Waals surface area contributed by atoms with E-state index in [-0.39, 0.29) is 5.91 Å². The van der Waals surface area contributed by atoms with Crippen LogP contribution in [0.15, 0.2) is 48.8 Å². The van der Waals surface area contributed by atoms with Crippen LogP contribution in [0.1, 0.15) is 30.4 Å². The van der Waals surface area contributed by atoms with Gasteiger partial charge in [0.05, 0.1) is 7.11 Å². The van der Waals surface area contributed by atoms with E-state index in [0.717, 1.165) is 50.1 Å². The summed E-state index contributed by atoms with van der Waals surface area (Å²) < 4.78 is 5.36. The van der Waals surface area contributed by atoms with Crippen LogP contribution in [0, 0.1) is 5.92 Å². The van der Waals surface area contributed by atoms with Crippen LogP contribution in [0.25, 0.3) is 0 Å². The van der Waals surface area contributed by atoms with Crippen LogP contribution in [0.2, 0.25) is 0 Å². The number of nitrogens with zero attached hydrogens (tertiary/aromatic N) is 2. The lowest BCUT2D eigenvalue weighted by molar-refractivity contribution is -0.132. The third kappa shape index (κ3) is 4.81. The van der Waals surface area contributed by atoms with E-state index < -0.39 is 0 Å². The highest BCUT2D eigenvalue weighted by molar-refractivity contribution is 5.76. The highest BCUT2D eigenvalue weighted by atomic mass is 16.5. The molecular formula is C21H26N2O2. The van der Waals surface area contributed by atoms with E-state index in [1.165, 1.54) is 5.56 Å². The van der Waals surface area contributed by atoms with Gasteiger partial charge in [0.15, 0.2) is 0 Å². The van der Waals surface area contributed by atoms with E-state index in [2.05, 4.69) is 11.1 Å². The number of ether oxygens (including phenoxy) is 1. The number of para-hydroxylation sites is 1. The van der Waals surface area contributed by atoms with Crippen LogP contribution in [0.4, 0.5) is 0 Å². The molecule has 1 aliphatic rings. The Kier molecular flexibility index (Phi) is 6.04. The molecule has 1 aliphatic heterocycles. The summed E-state index contributed by atoms with van der Waals surface area (Å²) in [7, 11) is 1.67. The van der Waals surface area contributed by atoms with Gasteiger partial charge < -0.3 is 9.64 Å². The number of piperidine rings is 1. The average molecular weight is 338 g/mol. The lowest BCUT2D eigenvalue weighted by Gasteiger charge is -2.32. The molecule has 3 rings (SSSR count). The first-order valence-corrected chi connectivity index (χ1v) is 9.05. The van der Waals surface area contributed by atoms with Crippen molar-refractivity contribution in [2.75, 3.05) is 20.2 Å². The maximum Gasteiger partial charge on any atom is 0.222 e. The monoisotopic (exact) mass is 338 g/mol. The Labute approximate surface area is 149 Å². The van der Waals surface area contributed by atoms with Gasteiger partial charge in [-0.05, 0) is 54.9 Å². The largest absolute Gasteiger partial charge is 0.496 e. The van der Waals surface area contributed by atoms with Crippen molar-refractivity contribution in [3.63, 3.8) is 0 Å². The van der Waals surface area contributed by atoms with Crippen LogP contribution in [0.3, 0.4) is 0 Å². The lowest BCUT2D eigenvalue weighted by atomic mass is 9.90. The summed E-state index contributed by atoms with van der Waals surface area (Å²) in [6, 6.07) is 12.1. The molecule has 1 fully saturated rings. The van der Waals surface area contributed by atoms with E-state index in [1.807, 2.05) is 47.6 Å². The normalized spacial score (nSPS) is 15.2. The molecule has 0 bridgehead atoms. The Morgan fingerprint density at radius 3 is 2.72 bits per heavy atom. The maximum absolute atomic E-state index is 12.5. The van der Waals surface area contributed by atoms with Gasteiger partial charge in [-0.3, -0.25) is 9.78 Å². The third-order valence-corrected chi connectivity index (χ3v) is 5.02. The highest BCUT2D eigenvalue weighted by Gasteiger charge is 2.23.